The Labute approximate surface area is 201 Å². The molecule has 0 bridgehead atoms. The molecule has 0 fully saturated rings. The van der Waals surface area contributed by atoms with Gasteiger partial charge in [0, 0.05) is 30.8 Å². The number of aromatic nitrogens is 1. The maximum Gasteiger partial charge on any atom is 0.144 e. The fraction of sp³-hybridized carbons (Fsp3) is 0.0645. The Morgan fingerprint density at radius 2 is 1.45 bits per heavy atom. The number of rotatable bonds is 3. The van der Waals surface area contributed by atoms with E-state index in [1.165, 1.54) is 6.20 Å². The average molecular weight is 432 g/mol. The van der Waals surface area contributed by atoms with E-state index >= 15 is 0 Å². The molecule has 2 heterocycles. The van der Waals surface area contributed by atoms with Crippen molar-refractivity contribution in [2.24, 2.45) is 0 Å². The molecule has 158 valence electrons. The molecule has 6 aromatic rings. The summed E-state index contributed by atoms with van der Waals surface area (Å²) < 4.78 is 55.6. The van der Waals surface area contributed by atoms with Crippen molar-refractivity contribution in [3.63, 3.8) is 0 Å². The fourth-order valence-electron chi connectivity index (χ4n) is 4.36. The van der Waals surface area contributed by atoms with E-state index in [1.54, 1.807) is 18.2 Å². The van der Waals surface area contributed by atoms with E-state index in [4.69, 9.17) is 12.6 Å². The molecule has 0 aliphatic heterocycles. The molecule has 0 aliphatic carbocycles. The van der Waals surface area contributed by atoms with Gasteiger partial charge < -0.3 is 4.42 Å². The fourth-order valence-corrected chi connectivity index (χ4v) is 4.36. The van der Waals surface area contributed by atoms with Crippen LogP contribution in [0.4, 0.5) is 0 Å². The van der Waals surface area contributed by atoms with Gasteiger partial charge in [0.15, 0.2) is 0 Å². The van der Waals surface area contributed by atoms with Crippen molar-refractivity contribution in [2.75, 3.05) is 0 Å². The summed E-state index contributed by atoms with van der Waals surface area (Å²) in [6, 6.07) is 29.8. The van der Waals surface area contributed by atoms with Gasteiger partial charge in [0.25, 0.3) is 0 Å². The third-order valence-corrected chi connectivity index (χ3v) is 6.00. The van der Waals surface area contributed by atoms with Crippen molar-refractivity contribution in [1.29, 1.82) is 0 Å². The molecule has 0 saturated heterocycles. The Hall–Kier alpha value is -4.17. The molecule has 0 spiro atoms. The van der Waals surface area contributed by atoms with Crippen LogP contribution < -0.4 is 0 Å². The lowest BCUT2D eigenvalue weighted by Crippen LogP contribution is -1.92. The number of aryl methyl sites for hydroxylation is 2. The van der Waals surface area contributed by atoms with Crippen molar-refractivity contribution < 1.29 is 12.6 Å². The maximum atomic E-state index is 8.30. The van der Waals surface area contributed by atoms with Gasteiger partial charge in [-0.25, -0.2) is 0 Å². The smallest absolute Gasteiger partial charge is 0.144 e. The third kappa shape index (κ3) is 3.32. The summed E-state index contributed by atoms with van der Waals surface area (Å²) in [6.07, 6.45) is 1.33. The van der Waals surface area contributed by atoms with Crippen molar-refractivity contribution >= 4 is 21.9 Å². The molecule has 4 aromatic carbocycles. The second kappa shape index (κ2) is 7.75. The monoisotopic (exact) mass is 431 g/mol. The Kier molecular flexibility index (Phi) is 3.31. The average Bonchev–Trinajstić information content (AvgIpc) is 3.31. The van der Waals surface area contributed by atoms with Gasteiger partial charge >= 0.3 is 0 Å². The highest BCUT2D eigenvalue weighted by molar-refractivity contribution is 6.09. The molecule has 0 radical (unpaired) electrons. The predicted molar refractivity (Wildman–Crippen MR) is 137 cm³/mol. The first-order valence-electron chi connectivity index (χ1n) is 13.7. The SMILES string of the molecule is [2H]C([2H])([2H])c1cnc(-c2cccc3c2oc2ccccc23)cc1-c1ccc(-c2ccccc2)cc1C([2H])([2H])[2H]. The van der Waals surface area contributed by atoms with Crippen molar-refractivity contribution in [1.82, 2.24) is 4.98 Å². The number of pyridine rings is 1. The number of hydrogen-bond donors (Lipinski definition) is 0. The number of furan rings is 1. The number of para-hydroxylation sites is 2. The molecule has 0 atom stereocenters. The number of nitrogens with zero attached hydrogens (tertiary/aromatic N) is 1. The van der Waals surface area contributed by atoms with Crippen molar-refractivity contribution in [3.05, 3.63) is 114 Å². The summed E-state index contributed by atoms with van der Waals surface area (Å²) in [5.74, 6) is 0. The lowest BCUT2D eigenvalue weighted by molar-refractivity contribution is 0.670. The Bertz CT molecular complexity index is 1830. The van der Waals surface area contributed by atoms with Crippen LogP contribution in [0.15, 0.2) is 108 Å². The molecular weight excluding hydrogens is 402 g/mol. The van der Waals surface area contributed by atoms with E-state index in [-0.39, 0.29) is 11.1 Å². The zero-order valence-corrected chi connectivity index (χ0v) is 17.7. The largest absolute Gasteiger partial charge is 0.455 e. The summed E-state index contributed by atoms with van der Waals surface area (Å²) in [7, 11) is 0. The first kappa shape index (κ1) is 14.1. The van der Waals surface area contributed by atoms with Crippen LogP contribution >= 0.6 is 0 Å². The second-order valence-electron chi connectivity index (χ2n) is 8.02. The van der Waals surface area contributed by atoms with Gasteiger partial charge in [-0.3, -0.25) is 4.98 Å². The lowest BCUT2D eigenvalue weighted by Gasteiger charge is -2.13. The highest BCUT2D eigenvalue weighted by Gasteiger charge is 2.15. The minimum Gasteiger partial charge on any atom is -0.455 e. The van der Waals surface area contributed by atoms with Crippen LogP contribution in [0.1, 0.15) is 19.4 Å². The van der Waals surface area contributed by atoms with Crippen molar-refractivity contribution in [2.45, 2.75) is 13.7 Å². The van der Waals surface area contributed by atoms with Gasteiger partial charge in [-0.2, -0.15) is 0 Å². The highest BCUT2D eigenvalue weighted by atomic mass is 16.3. The van der Waals surface area contributed by atoms with Gasteiger partial charge in [-0.1, -0.05) is 78.9 Å². The summed E-state index contributed by atoms with van der Waals surface area (Å²) in [6.45, 7) is -4.98. The molecule has 0 aliphatic rings. The standard InChI is InChI=1S/C31H23NO/c1-20-17-23(22-9-4-3-5-10-22)15-16-24(20)28-18-29(32-19-21(28)2)27-13-8-12-26-25-11-6-7-14-30(25)33-31(26)27/h3-19H,1-2H3/i1D3,2D3. The molecule has 33 heavy (non-hydrogen) atoms. The first-order chi connectivity index (χ1) is 18.6. The van der Waals surface area contributed by atoms with Crippen LogP contribution in [0.25, 0.3) is 55.4 Å². The van der Waals surface area contributed by atoms with Crippen LogP contribution in [-0.2, 0) is 0 Å². The quantitative estimate of drug-likeness (QED) is 0.280. The maximum absolute atomic E-state index is 8.30. The highest BCUT2D eigenvalue weighted by Crippen LogP contribution is 2.37. The van der Waals surface area contributed by atoms with E-state index < -0.39 is 13.7 Å². The van der Waals surface area contributed by atoms with E-state index in [0.29, 0.717) is 28.0 Å². The number of fused-ring (bicyclic) bond motifs is 3. The van der Waals surface area contributed by atoms with Crippen LogP contribution in [0.3, 0.4) is 0 Å². The zero-order chi connectivity index (χ0) is 27.4. The molecule has 0 saturated carbocycles. The van der Waals surface area contributed by atoms with Crippen LogP contribution in [0.2, 0.25) is 0 Å². The predicted octanol–water partition coefficient (Wildman–Crippen LogP) is 8.60. The first-order valence-corrected chi connectivity index (χ1v) is 10.7. The molecule has 0 amide bonds. The Balaban J connectivity index is 1.60. The number of benzene rings is 4. The number of hydrogen-bond acceptors (Lipinski definition) is 2. The molecule has 2 nitrogen and oxygen atoms in total. The summed E-state index contributed by atoms with van der Waals surface area (Å²) in [4.78, 5) is 4.52. The third-order valence-electron chi connectivity index (χ3n) is 6.00. The van der Waals surface area contributed by atoms with Gasteiger partial charge in [-0.15, -0.1) is 0 Å². The van der Waals surface area contributed by atoms with Crippen LogP contribution in [0.5, 0.6) is 0 Å². The Morgan fingerprint density at radius 3 is 2.33 bits per heavy atom. The molecule has 0 N–H and O–H groups in total. The summed E-state index contributed by atoms with van der Waals surface area (Å²) >= 11 is 0. The minimum absolute atomic E-state index is 0.0130. The topological polar surface area (TPSA) is 26.0 Å². The van der Waals surface area contributed by atoms with Gasteiger partial charge in [0.1, 0.15) is 11.2 Å². The van der Waals surface area contributed by atoms with E-state index in [0.717, 1.165) is 27.5 Å². The summed E-state index contributed by atoms with van der Waals surface area (Å²) in [5, 5.41) is 1.89. The molecule has 0 unspecified atom stereocenters. The normalized spacial score (nSPS) is 14.8. The second-order valence-corrected chi connectivity index (χ2v) is 8.02. The minimum atomic E-state index is -2.50. The van der Waals surface area contributed by atoms with Crippen molar-refractivity contribution in [3.8, 4) is 33.5 Å². The summed E-state index contributed by atoms with van der Waals surface area (Å²) in [5.41, 5.74) is 4.87. The van der Waals surface area contributed by atoms with Gasteiger partial charge in [0.05, 0.1) is 5.69 Å². The molecule has 6 rings (SSSR count). The van der Waals surface area contributed by atoms with Gasteiger partial charge in [-0.05, 0) is 65.3 Å². The lowest BCUT2D eigenvalue weighted by atomic mass is 9.93. The zero-order valence-electron chi connectivity index (χ0n) is 23.7. The van der Waals surface area contributed by atoms with Gasteiger partial charge in [0.2, 0.25) is 0 Å². The van der Waals surface area contributed by atoms with E-state index in [2.05, 4.69) is 4.98 Å². The molecular formula is C31H23NO. The van der Waals surface area contributed by atoms with E-state index in [9.17, 15) is 0 Å². The van der Waals surface area contributed by atoms with Crippen LogP contribution in [-0.4, -0.2) is 4.98 Å². The molecule has 2 heteroatoms. The van der Waals surface area contributed by atoms with E-state index in [1.807, 2.05) is 78.9 Å². The molecule has 2 aromatic heterocycles. The van der Waals surface area contributed by atoms with Crippen LogP contribution in [0, 0.1) is 13.7 Å². The Morgan fingerprint density at radius 1 is 0.636 bits per heavy atom.